The molecule has 2 fully saturated rings. The topological polar surface area (TPSA) is 95.2 Å². The van der Waals surface area contributed by atoms with Gasteiger partial charge in [0.1, 0.15) is 15.8 Å². The molecule has 2 aromatic rings. The molecule has 0 unspecified atom stereocenters. The van der Waals surface area contributed by atoms with Crippen molar-refractivity contribution in [3.63, 3.8) is 0 Å². The van der Waals surface area contributed by atoms with Crippen LogP contribution in [0.25, 0.3) is 4.72 Å². The third-order valence-electron chi connectivity index (χ3n) is 6.33. The number of likely N-dealkylation sites (tertiary alicyclic amines) is 2. The van der Waals surface area contributed by atoms with E-state index < -0.39 is 10.0 Å². The first kappa shape index (κ1) is 26.6. The van der Waals surface area contributed by atoms with Gasteiger partial charge in [0.05, 0.1) is 6.61 Å². The number of rotatable bonds is 9. The average molecular weight is 482 g/mol. The van der Waals surface area contributed by atoms with Crippen molar-refractivity contribution in [1.29, 1.82) is 0 Å². The Labute approximate surface area is 219 Å². The predicted molar refractivity (Wildman–Crippen MR) is 124 cm³/mol. The van der Waals surface area contributed by atoms with Gasteiger partial charge in [0.15, 0.2) is 0 Å². The third kappa shape index (κ3) is 7.02. The second kappa shape index (κ2) is 12.1. The molecule has 2 aliphatic heterocycles. The smallest absolute Gasteiger partial charge is 0.541 e. The molecular formula is C24H32N3NaO4S. The fraction of sp³-hybridized carbons (Fsp3) is 0.500. The summed E-state index contributed by atoms with van der Waals surface area (Å²) >= 11 is 0. The van der Waals surface area contributed by atoms with E-state index in [4.69, 9.17) is 5.11 Å². The van der Waals surface area contributed by atoms with Gasteiger partial charge in [-0.15, -0.1) is 6.54 Å². The molecule has 0 spiro atoms. The summed E-state index contributed by atoms with van der Waals surface area (Å²) in [6.45, 7) is 5.32. The van der Waals surface area contributed by atoms with E-state index >= 15 is 0 Å². The van der Waals surface area contributed by atoms with E-state index in [1.165, 1.54) is 37.8 Å². The number of sulfonamides is 1. The molecule has 0 aliphatic carbocycles. The number of nitrogens with zero attached hydrogens (tertiary/aromatic N) is 3. The summed E-state index contributed by atoms with van der Waals surface area (Å²) in [5, 5.41) is 20.1. The molecule has 0 bridgehead atoms. The van der Waals surface area contributed by atoms with Gasteiger partial charge in [0.25, 0.3) is 0 Å². The second-order valence-electron chi connectivity index (χ2n) is 8.79. The Hall–Kier alpha value is -0.970. The molecule has 0 amide bonds. The Morgan fingerprint density at radius 3 is 1.76 bits per heavy atom. The summed E-state index contributed by atoms with van der Waals surface area (Å²) < 4.78 is 29.4. The number of aromatic hydroxyl groups is 1. The van der Waals surface area contributed by atoms with Gasteiger partial charge < -0.3 is 14.9 Å². The molecule has 33 heavy (non-hydrogen) atoms. The average Bonchev–Trinajstić information content (AvgIpc) is 3.50. The fourth-order valence-corrected chi connectivity index (χ4v) is 5.48. The predicted octanol–water partition coefficient (Wildman–Crippen LogP) is 0.343. The standard InChI is InChI=1S/C24H32N3O4S.Na/c28-18-19-5-7-23(8-6-19)32(30,31)25-15-20-13-21(16-26-9-1-2-10-26)24(29)22(14-20)17-27-11-3-4-12-27;/h5-8,13-14,28-29H,1-4,9-12,15-18H2;/q-1;+1. The van der Waals surface area contributed by atoms with Gasteiger partial charge >= 0.3 is 29.6 Å². The normalized spacial score (nSPS) is 17.4. The van der Waals surface area contributed by atoms with Crippen molar-refractivity contribution < 1.29 is 48.2 Å². The van der Waals surface area contributed by atoms with Crippen LogP contribution in [0.3, 0.4) is 0 Å². The molecule has 4 rings (SSSR count). The summed E-state index contributed by atoms with van der Waals surface area (Å²) in [5.41, 5.74) is 3.14. The van der Waals surface area contributed by atoms with Crippen molar-refractivity contribution in [2.45, 2.75) is 56.8 Å². The fourth-order valence-electron chi connectivity index (χ4n) is 4.53. The number of aliphatic hydroxyl groups excluding tert-OH is 1. The van der Waals surface area contributed by atoms with E-state index in [2.05, 4.69) is 14.5 Å². The van der Waals surface area contributed by atoms with Crippen molar-refractivity contribution in [3.8, 4) is 5.75 Å². The molecule has 2 heterocycles. The van der Waals surface area contributed by atoms with E-state index in [0.29, 0.717) is 24.4 Å². The summed E-state index contributed by atoms with van der Waals surface area (Å²) in [5.74, 6) is 0.329. The monoisotopic (exact) mass is 481 g/mol. The Balaban J connectivity index is 0.00000306. The molecule has 0 saturated carbocycles. The van der Waals surface area contributed by atoms with Crippen LogP contribution < -0.4 is 29.6 Å². The van der Waals surface area contributed by atoms with E-state index in [1.807, 2.05) is 12.1 Å². The number of hydrogen-bond donors (Lipinski definition) is 2. The van der Waals surface area contributed by atoms with Crippen molar-refractivity contribution in [2.24, 2.45) is 0 Å². The largest absolute Gasteiger partial charge is 1.00 e. The quantitative estimate of drug-likeness (QED) is 0.502. The Morgan fingerprint density at radius 1 is 0.818 bits per heavy atom. The second-order valence-corrected chi connectivity index (χ2v) is 10.5. The molecule has 2 aromatic carbocycles. The van der Waals surface area contributed by atoms with Crippen LogP contribution >= 0.6 is 0 Å². The molecule has 174 valence electrons. The SMILES string of the molecule is O=S(=O)([N-]Cc1cc(CN2CCCC2)c(O)c(CN2CCCC2)c1)c1ccc(CO)cc1.[Na+]. The van der Waals surface area contributed by atoms with Crippen LogP contribution in [0.15, 0.2) is 41.3 Å². The number of phenolic OH excluding ortho intramolecular Hbond substituents is 1. The van der Waals surface area contributed by atoms with Gasteiger partial charge in [-0.1, -0.05) is 29.8 Å². The summed E-state index contributed by atoms with van der Waals surface area (Å²) in [4.78, 5) is 4.77. The third-order valence-corrected chi connectivity index (χ3v) is 7.67. The first-order chi connectivity index (χ1) is 15.4. The van der Waals surface area contributed by atoms with Crippen molar-refractivity contribution in [1.82, 2.24) is 9.80 Å². The maximum Gasteiger partial charge on any atom is 1.00 e. The number of aliphatic hydroxyl groups is 1. The van der Waals surface area contributed by atoms with Crippen LogP contribution in [-0.4, -0.2) is 54.6 Å². The minimum absolute atomic E-state index is 0. The zero-order chi connectivity index (χ0) is 22.6. The van der Waals surface area contributed by atoms with E-state index in [0.717, 1.165) is 42.9 Å². The van der Waals surface area contributed by atoms with E-state index in [-0.39, 0.29) is 47.6 Å². The van der Waals surface area contributed by atoms with Crippen LogP contribution in [0.1, 0.15) is 47.9 Å². The maximum absolute atomic E-state index is 12.7. The molecular weight excluding hydrogens is 449 g/mol. The number of hydrogen-bond acceptors (Lipinski definition) is 6. The summed E-state index contributed by atoms with van der Waals surface area (Å²) in [6, 6.07) is 9.91. The van der Waals surface area contributed by atoms with Gasteiger partial charge in [-0.3, -0.25) is 9.80 Å². The molecule has 2 N–H and O–H groups in total. The van der Waals surface area contributed by atoms with Crippen LogP contribution in [0, 0.1) is 0 Å². The van der Waals surface area contributed by atoms with E-state index in [1.54, 1.807) is 12.1 Å². The van der Waals surface area contributed by atoms with Crippen molar-refractivity contribution in [3.05, 3.63) is 63.4 Å². The molecule has 0 atom stereocenters. The van der Waals surface area contributed by atoms with Crippen molar-refractivity contribution >= 4 is 10.0 Å². The molecule has 0 aromatic heterocycles. The van der Waals surface area contributed by atoms with Gasteiger partial charge in [-0.05, 0) is 69.6 Å². The first-order valence-corrected chi connectivity index (χ1v) is 12.8. The van der Waals surface area contributed by atoms with Crippen molar-refractivity contribution in [2.75, 3.05) is 26.2 Å². The van der Waals surface area contributed by atoms with Gasteiger partial charge in [-0.2, -0.15) is 0 Å². The molecule has 7 nitrogen and oxygen atoms in total. The van der Waals surface area contributed by atoms with Crippen LogP contribution in [0.2, 0.25) is 0 Å². The Morgan fingerprint density at radius 2 is 1.30 bits per heavy atom. The Bertz CT molecular complexity index is 980. The van der Waals surface area contributed by atoms with Crippen LogP contribution in [-0.2, 0) is 36.3 Å². The summed E-state index contributed by atoms with van der Waals surface area (Å²) in [7, 11) is -3.80. The molecule has 0 radical (unpaired) electrons. The van der Waals surface area contributed by atoms with Crippen LogP contribution in [0.5, 0.6) is 5.75 Å². The van der Waals surface area contributed by atoms with Gasteiger partial charge in [0, 0.05) is 29.1 Å². The minimum atomic E-state index is -3.80. The number of benzene rings is 2. The summed E-state index contributed by atoms with van der Waals surface area (Å²) in [6.07, 6.45) is 4.68. The molecule has 9 heteroatoms. The Kier molecular flexibility index (Phi) is 9.79. The van der Waals surface area contributed by atoms with Crippen LogP contribution in [0.4, 0.5) is 0 Å². The number of phenols is 1. The van der Waals surface area contributed by atoms with E-state index in [9.17, 15) is 13.5 Å². The zero-order valence-corrected chi connectivity index (χ0v) is 22.2. The molecule has 2 saturated heterocycles. The van der Waals surface area contributed by atoms with Gasteiger partial charge in [0.2, 0.25) is 0 Å². The first-order valence-electron chi connectivity index (χ1n) is 11.4. The minimum Gasteiger partial charge on any atom is -0.541 e. The molecule has 2 aliphatic rings. The zero-order valence-electron chi connectivity index (χ0n) is 19.4. The maximum atomic E-state index is 12.7. The van der Waals surface area contributed by atoms with Gasteiger partial charge in [-0.25, -0.2) is 8.42 Å².